The first-order chi connectivity index (χ1) is 17.9. The van der Waals surface area contributed by atoms with Crippen LogP contribution in [0.4, 0.5) is 0 Å². The standard InChI is InChI=1S/C28H30BrClN4O3/c1-37-17-26(35)34-9-2-8-33(11-12-34)10-7-31-28(36)27-22-5-3-20(29)13-18(22)15-23(27)25-16-19-14-21(30)4-6-24(19)32-25/h3-6,13-14,16,32H,2,7-12,15,17H2,1H3,(H,31,36). The molecule has 2 aliphatic rings. The van der Waals surface area contributed by atoms with Crippen molar-refractivity contribution in [3.8, 4) is 0 Å². The molecule has 0 spiro atoms. The third-order valence-electron chi connectivity index (χ3n) is 7.06. The third kappa shape index (κ3) is 5.77. The second kappa shape index (κ2) is 11.4. The highest BCUT2D eigenvalue weighted by Gasteiger charge is 2.29. The van der Waals surface area contributed by atoms with E-state index in [0.717, 1.165) is 70.4 Å². The molecule has 0 unspecified atom stereocenters. The maximum Gasteiger partial charge on any atom is 0.252 e. The molecule has 0 atom stereocenters. The Morgan fingerprint density at radius 3 is 2.81 bits per heavy atom. The predicted molar refractivity (Wildman–Crippen MR) is 150 cm³/mol. The number of nitrogens with one attached hydrogen (secondary N) is 2. The summed E-state index contributed by atoms with van der Waals surface area (Å²) in [4.78, 5) is 33.4. The Balaban J connectivity index is 1.30. The van der Waals surface area contributed by atoms with E-state index in [4.69, 9.17) is 16.3 Å². The fourth-order valence-corrected chi connectivity index (χ4v) is 5.81. The summed E-state index contributed by atoms with van der Waals surface area (Å²) in [5.41, 5.74) is 5.72. The number of aromatic amines is 1. The van der Waals surface area contributed by atoms with Gasteiger partial charge in [-0.1, -0.05) is 33.6 Å². The van der Waals surface area contributed by atoms with Crippen molar-refractivity contribution >= 4 is 61.4 Å². The van der Waals surface area contributed by atoms with Crippen LogP contribution in [0, 0.1) is 0 Å². The first-order valence-electron chi connectivity index (χ1n) is 12.5. The van der Waals surface area contributed by atoms with Gasteiger partial charge in [-0.15, -0.1) is 0 Å². The van der Waals surface area contributed by atoms with E-state index in [0.29, 0.717) is 30.1 Å². The van der Waals surface area contributed by atoms with Gasteiger partial charge in [0.1, 0.15) is 6.61 Å². The summed E-state index contributed by atoms with van der Waals surface area (Å²) >= 11 is 9.77. The number of H-pyrrole nitrogens is 1. The van der Waals surface area contributed by atoms with E-state index in [2.05, 4.69) is 43.3 Å². The lowest BCUT2D eigenvalue weighted by Gasteiger charge is -2.22. The summed E-state index contributed by atoms with van der Waals surface area (Å²) in [7, 11) is 1.54. The first kappa shape index (κ1) is 26.0. The second-order valence-corrected chi connectivity index (χ2v) is 10.9. The molecule has 37 heavy (non-hydrogen) atoms. The zero-order valence-electron chi connectivity index (χ0n) is 20.8. The molecule has 5 rings (SSSR count). The highest BCUT2D eigenvalue weighted by atomic mass is 79.9. The number of nitrogens with zero attached hydrogens (tertiary/aromatic N) is 2. The number of hydrogen-bond acceptors (Lipinski definition) is 4. The fourth-order valence-electron chi connectivity index (χ4n) is 5.22. The SMILES string of the molecule is COCC(=O)N1CCCN(CCNC(=O)C2=C(c3cc4cc(Cl)ccc4[nH]3)Cc3cc(Br)ccc32)CC1. The van der Waals surface area contributed by atoms with Crippen molar-refractivity contribution in [1.29, 1.82) is 0 Å². The number of amides is 2. The van der Waals surface area contributed by atoms with Crippen LogP contribution in [0.15, 0.2) is 46.9 Å². The van der Waals surface area contributed by atoms with Crippen LogP contribution in [0.5, 0.6) is 0 Å². The zero-order chi connectivity index (χ0) is 25.9. The van der Waals surface area contributed by atoms with Gasteiger partial charge in [0.25, 0.3) is 5.91 Å². The normalized spacial score (nSPS) is 16.2. The Morgan fingerprint density at radius 2 is 1.97 bits per heavy atom. The van der Waals surface area contributed by atoms with Crippen molar-refractivity contribution in [3.05, 3.63) is 68.8 Å². The van der Waals surface area contributed by atoms with E-state index in [1.54, 1.807) is 7.11 Å². The Kier molecular flexibility index (Phi) is 8.00. The van der Waals surface area contributed by atoms with Gasteiger partial charge in [-0.25, -0.2) is 0 Å². The Bertz CT molecular complexity index is 1370. The molecule has 2 N–H and O–H groups in total. The van der Waals surface area contributed by atoms with Crippen LogP contribution in [-0.4, -0.2) is 79.6 Å². The van der Waals surface area contributed by atoms with Crippen molar-refractivity contribution in [2.45, 2.75) is 12.8 Å². The first-order valence-corrected chi connectivity index (χ1v) is 13.7. The fraction of sp³-hybridized carbons (Fsp3) is 0.357. The maximum absolute atomic E-state index is 13.6. The number of rotatable bonds is 7. The van der Waals surface area contributed by atoms with Gasteiger partial charge >= 0.3 is 0 Å². The lowest BCUT2D eigenvalue weighted by molar-refractivity contribution is -0.135. The van der Waals surface area contributed by atoms with Gasteiger partial charge in [0, 0.05) is 72.3 Å². The average Bonchev–Trinajstić information content (AvgIpc) is 3.37. The summed E-state index contributed by atoms with van der Waals surface area (Å²) in [6.07, 6.45) is 1.58. The molecule has 2 amide bonds. The minimum Gasteiger partial charge on any atom is -0.375 e. The van der Waals surface area contributed by atoms with Crippen LogP contribution >= 0.6 is 27.5 Å². The minimum atomic E-state index is -0.0699. The summed E-state index contributed by atoms with van der Waals surface area (Å²) < 4.78 is 5.99. The molecule has 0 bridgehead atoms. The Labute approximate surface area is 229 Å². The number of ether oxygens (including phenoxy) is 1. The smallest absolute Gasteiger partial charge is 0.252 e. The zero-order valence-corrected chi connectivity index (χ0v) is 23.1. The molecular formula is C28H30BrClN4O3. The van der Waals surface area contributed by atoms with Crippen molar-refractivity contribution in [3.63, 3.8) is 0 Å². The number of carbonyl (C=O) groups excluding carboxylic acids is 2. The molecule has 2 heterocycles. The number of benzene rings is 2. The van der Waals surface area contributed by atoms with Gasteiger partial charge in [-0.05, 0) is 66.1 Å². The molecule has 2 aromatic carbocycles. The molecular weight excluding hydrogens is 556 g/mol. The molecule has 3 aromatic rings. The molecule has 1 aliphatic carbocycles. The van der Waals surface area contributed by atoms with E-state index in [1.165, 1.54) is 0 Å². The Hall–Kier alpha value is -2.65. The number of hydrogen-bond donors (Lipinski definition) is 2. The van der Waals surface area contributed by atoms with Gasteiger partial charge in [-0.3, -0.25) is 14.5 Å². The molecule has 9 heteroatoms. The minimum absolute atomic E-state index is 0.0305. The van der Waals surface area contributed by atoms with Crippen LogP contribution in [0.3, 0.4) is 0 Å². The molecule has 7 nitrogen and oxygen atoms in total. The van der Waals surface area contributed by atoms with Gasteiger partial charge < -0.3 is 19.9 Å². The van der Waals surface area contributed by atoms with Crippen molar-refractivity contribution in [1.82, 2.24) is 20.1 Å². The Morgan fingerprint density at radius 1 is 1.11 bits per heavy atom. The van der Waals surface area contributed by atoms with Crippen LogP contribution in [-0.2, 0) is 20.7 Å². The third-order valence-corrected chi connectivity index (χ3v) is 7.79. The summed E-state index contributed by atoms with van der Waals surface area (Å²) in [5.74, 6) is -0.0395. The number of aromatic nitrogens is 1. The summed E-state index contributed by atoms with van der Waals surface area (Å²) in [6.45, 7) is 4.49. The van der Waals surface area contributed by atoms with E-state index in [-0.39, 0.29) is 18.4 Å². The van der Waals surface area contributed by atoms with E-state index >= 15 is 0 Å². The topological polar surface area (TPSA) is 77.7 Å². The monoisotopic (exact) mass is 584 g/mol. The van der Waals surface area contributed by atoms with Crippen molar-refractivity contribution in [2.24, 2.45) is 0 Å². The number of methoxy groups -OCH3 is 1. The number of halogens is 2. The number of carbonyl (C=O) groups is 2. The lowest BCUT2D eigenvalue weighted by atomic mass is 10.0. The van der Waals surface area contributed by atoms with Crippen LogP contribution in [0.1, 0.15) is 23.2 Å². The molecule has 0 radical (unpaired) electrons. The van der Waals surface area contributed by atoms with Gasteiger partial charge in [0.05, 0.1) is 5.57 Å². The van der Waals surface area contributed by atoms with Crippen LogP contribution in [0.25, 0.3) is 22.0 Å². The summed E-state index contributed by atoms with van der Waals surface area (Å²) in [5, 5.41) is 4.86. The van der Waals surface area contributed by atoms with E-state index < -0.39 is 0 Å². The van der Waals surface area contributed by atoms with Crippen LogP contribution < -0.4 is 5.32 Å². The lowest BCUT2D eigenvalue weighted by Crippen LogP contribution is -2.39. The maximum atomic E-state index is 13.6. The number of allylic oxidation sites excluding steroid dienone is 1. The number of fused-ring (bicyclic) bond motifs is 2. The van der Waals surface area contributed by atoms with Crippen molar-refractivity contribution < 1.29 is 14.3 Å². The van der Waals surface area contributed by atoms with E-state index in [9.17, 15) is 9.59 Å². The highest BCUT2D eigenvalue weighted by Crippen LogP contribution is 2.40. The molecule has 194 valence electrons. The largest absolute Gasteiger partial charge is 0.375 e. The molecule has 1 aliphatic heterocycles. The molecule has 1 aromatic heterocycles. The van der Waals surface area contributed by atoms with Gasteiger partial charge in [0.2, 0.25) is 5.91 Å². The predicted octanol–water partition coefficient (Wildman–Crippen LogP) is 4.35. The highest BCUT2D eigenvalue weighted by molar-refractivity contribution is 9.10. The quantitative estimate of drug-likeness (QED) is 0.432. The van der Waals surface area contributed by atoms with Crippen LogP contribution in [0.2, 0.25) is 5.02 Å². The molecule has 1 fully saturated rings. The second-order valence-electron chi connectivity index (χ2n) is 9.51. The van der Waals surface area contributed by atoms with Gasteiger partial charge in [0.15, 0.2) is 0 Å². The molecule has 0 saturated carbocycles. The summed E-state index contributed by atoms with van der Waals surface area (Å²) in [6, 6.07) is 13.9. The average molecular weight is 586 g/mol. The van der Waals surface area contributed by atoms with Crippen molar-refractivity contribution in [2.75, 3.05) is 53.0 Å². The molecule has 1 saturated heterocycles. The van der Waals surface area contributed by atoms with E-state index in [1.807, 2.05) is 35.2 Å². The van der Waals surface area contributed by atoms with Gasteiger partial charge in [-0.2, -0.15) is 0 Å².